The maximum atomic E-state index is 12.8. The zero-order valence-electron chi connectivity index (χ0n) is 17.4. The molecule has 4 amide bonds. The Balaban J connectivity index is 2.75. The molecule has 0 bridgehead atoms. The lowest BCUT2D eigenvalue weighted by molar-refractivity contribution is -0.142. The van der Waals surface area contributed by atoms with Gasteiger partial charge in [-0.25, -0.2) is 4.79 Å². The summed E-state index contributed by atoms with van der Waals surface area (Å²) in [6.45, 7) is 0.738. The number of rotatable bonds is 14. The first-order valence-corrected chi connectivity index (χ1v) is 12.0. The van der Waals surface area contributed by atoms with Gasteiger partial charge in [0.15, 0.2) is 0 Å². The Hall–Kier alpha value is -1.99. The van der Waals surface area contributed by atoms with E-state index in [1.165, 1.54) is 11.8 Å². The average molecular weight is 478 g/mol. The smallest absolute Gasteiger partial charge is 0.326 e. The number of hydrogen-bond acceptors (Lipinski definition) is 8. The van der Waals surface area contributed by atoms with E-state index in [2.05, 4.69) is 33.9 Å². The van der Waals surface area contributed by atoms with Crippen molar-refractivity contribution in [3.8, 4) is 0 Å². The Labute approximate surface area is 190 Å². The van der Waals surface area contributed by atoms with Gasteiger partial charge in [0.25, 0.3) is 0 Å². The first kappa shape index (κ1) is 27.0. The summed E-state index contributed by atoms with van der Waals surface area (Å²) >= 11 is 5.58. The van der Waals surface area contributed by atoms with Gasteiger partial charge in [-0.3, -0.25) is 19.2 Å². The van der Waals surface area contributed by atoms with Gasteiger partial charge in [-0.05, 0) is 44.2 Å². The van der Waals surface area contributed by atoms with Crippen molar-refractivity contribution in [2.24, 2.45) is 5.73 Å². The van der Waals surface area contributed by atoms with Crippen LogP contribution in [0.15, 0.2) is 0 Å². The van der Waals surface area contributed by atoms with Crippen molar-refractivity contribution in [3.63, 3.8) is 0 Å². The van der Waals surface area contributed by atoms with Crippen LogP contribution in [0.4, 0.5) is 0 Å². The van der Waals surface area contributed by atoms with Crippen molar-refractivity contribution < 1.29 is 29.1 Å². The zero-order valence-corrected chi connectivity index (χ0v) is 19.1. The lowest BCUT2D eigenvalue weighted by Crippen LogP contribution is -2.57. The highest BCUT2D eigenvalue weighted by Crippen LogP contribution is 2.08. The number of hydrogen-bond donors (Lipinski definition) is 7. The Bertz CT molecular complexity index is 659. The Kier molecular flexibility index (Phi) is 12.3. The van der Waals surface area contributed by atoms with Crippen molar-refractivity contribution in [3.05, 3.63) is 0 Å². The highest BCUT2D eigenvalue weighted by atomic mass is 32.2. The Morgan fingerprint density at radius 1 is 1.10 bits per heavy atom. The fourth-order valence-corrected chi connectivity index (χ4v) is 3.70. The van der Waals surface area contributed by atoms with Crippen LogP contribution in [-0.4, -0.2) is 83.2 Å². The molecule has 1 heterocycles. The van der Waals surface area contributed by atoms with E-state index in [4.69, 9.17) is 5.73 Å². The van der Waals surface area contributed by atoms with E-state index in [0.29, 0.717) is 18.6 Å². The summed E-state index contributed by atoms with van der Waals surface area (Å²) in [5, 5.41) is 19.8. The molecule has 7 N–H and O–H groups in total. The molecule has 31 heavy (non-hydrogen) atoms. The Morgan fingerprint density at radius 3 is 2.26 bits per heavy atom. The zero-order chi connectivity index (χ0) is 23.4. The molecule has 0 saturated carbocycles. The summed E-state index contributed by atoms with van der Waals surface area (Å²) in [5.41, 5.74) is 5.03. The second-order valence-corrected chi connectivity index (χ2v) is 8.49. The monoisotopic (exact) mass is 477 g/mol. The number of amides is 4. The third-order valence-electron chi connectivity index (χ3n) is 4.73. The predicted molar refractivity (Wildman–Crippen MR) is 120 cm³/mol. The van der Waals surface area contributed by atoms with Gasteiger partial charge in [-0.1, -0.05) is 0 Å². The van der Waals surface area contributed by atoms with Gasteiger partial charge >= 0.3 is 5.97 Å². The van der Waals surface area contributed by atoms with Crippen molar-refractivity contribution in [1.29, 1.82) is 0 Å². The molecule has 0 aliphatic carbocycles. The number of carbonyl (C=O) groups is 5. The maximum Gasteiger partial charge on any atom is 0.326 e. The number of carbonyl (C=O) groups excluding carboxylic acids is 4. The van der Waals surface area contributed by atoms with Gasteiger partial charge in [0, 0.05) is 12.2 Å². The summed E-state index contributed by atoms with van der Waals surface area (Å²) in [7, 11) is 0. The predicted octanol–water partition coefficient (Wildman–Crippen LogP) is -1.77. The molecule has 0 aromatic carbocycles. The summed E-state index contributed by atoms with van der Waals surface area (Å²) in [5.74, 6) is -3.08. The molecule has 4 atom stereocenters. The molecule has 0 aromatic heterocycles. The molecular weight excluding hydrogens is 446 g/mol. The summed E-state index contributed by atoms with van der Waals surface area (Å²) in [4.78, 5) is 59.9. The normalized spacial score (nSPS) is 18.5. The number of carboxylic acids is 1. The van der Waals surface area contributed by atoms with Crippen LogP contribution in [0.5, 0.6) is 0 Å². The van der Waals surface area contributed by atoms with Crippen LogP contribution in [0.3, 0.4) is 0 Å². The van der Waals surface area contributed by atoms with E-state index in [-0.39, 0.29) is 30.5 Å². The standard InChI is InChI=1S/C18H31N5O6S2/c1-31-8-6-11(21-15(25)10-3-2-7-20-10)16(26)23-13(9-30)17(27)22-12(18(28)29)4-5-14(19)24/h10-13,20,30H,2-9H2,1H3,(H2,19,24)(H,21,25)(H,22,27)(H,23,26)(H,28,29). The summed E-state index contributed by atoms with van der Waals surface area (Å²) < 4.78 is 0. The molecule has 1 rings (SSSR count). The molecule has 0 spiro atoms. The number of aliphatic carboxylic acids is 1. The fraction of sp³-hybridized carbons (Fsp3) is 0.722. The molecule has 1 aliphatic heterocycles. The number of thiol groups is 1. The molecular formula is C18H31N5O6S2. The van der Waals surface area contributed by atoms with Gasteiger partial charge in [-0.2, -0.15) is 24.4 Å². The molecule has 0 radical (unpaired) electrons. The van der Waals surface area contributed by atoms with Crippen LogP contribution in [0.2, 0.25) is 0 Å². The van der Waals surface area contributed by atoms with Crippen molar-refractivity contribution in [1.82, 2.24) is 21.3 Å². The minimum Gasteiger partial charge on any atom is -0.480 e. The maximum absolute atomic E-state index is 12.8. The van der Waals surface area contributed by atoms with Crippen LogP contribution in [0, 0.1) is 0 Å². The first-order valence-electron chi connectivity index (χ1n) is 9.95. The van der Waals surface area contributed by atoms with Crippen LogP contribution in [0.1, 0.15) is 32.1 Å². The number of carboxylic acid groups (broad SMARTS) is 1. The minimum atomic E-state index is -1.33. The lowest BCUT2D eigenvalue weighted by atomic mass is 10.1. The molecule has 0 aromatic rings. The number of thioether (sulfide) groups is 1. The van der Waals surface area contributed by atoms with Gasteiger partial charge in [0.05, 0.1) is 6.04 Å². The van der Waals surface area contributed by atoms with E-state index in [1.54, 1.807) is 0 Å². The van der Waals surface area contributed by atoms with Gasteiger partial charge in [0.1, 0.15) is 18.1 Å². The van der Waals surface area contributed by atoms with Crippen LogP contribution in [0.25, 0.3) is 0 Å². The second-order valence-electron chi connectivity index (χ2n) is 7.14. The summed E-state index contributed by atoms with van der Waals surface area (Å²) in [6, 6.07) is -3.65. The SMILES string of the molecule is CSCCC(NC(=O)C1CCCN1)C(=O)NC(CS)C(=O)NC(CCC(N)=O)C(=O)O. The summed E-state index contributed by atoms with van der Waals surface area (Å²) in [6.07, 6.45) is 3.41. The van der Waals surface area contributed by atoms with Crippen LogP contribution >= 0.6 is 24.4 Å². The quantitative estimate of drug-likeness (QED) is 0.144. The highest BCUT2D eigenvalue weighted by Gasteiger charge is 2.30. The molecule has 4 unspecified atom stereocenters. The lowest BCUT2D eigenvalue weighted by Gasteiger charge is -2.24. The molecule has 1 aliphatic rings. The first-order chi connectivity index (χ1) is 14.7. The van der Waals surface area contributed by atoms with Crippen LogP contribution in [-0.2, 0) is 24.0 Å². The molecule has 1 saturated heterocycles. The van der Waals surface area contributed by atoms with Crippen molar-refractivity contribution in [2.75, 3.05) is 24.3 Å². The minimum absolute atomic E-state index is 0.0902. The van der Waals surface area contributed by atoms with Crippen LogP contribution < -0.4 is 27.0 Å². The van der Waals surface area contributed by atoms with E-state index in [1.807, 2.05) is 6.26 Å². The molecule has 1 fully saturated rings. The number of primary amides is 1. The van der Waals surface area contributed by atoms with E-state index >= 15 is 0 Å². The second kappa shape index (κ2) is 14.1. The van der Waals surface area contributed by atoms with Gasteiger partial charge in [0.2, 0.25) is 23.6 Å². The van der Waals surface area contributed by atoms with E-state index in [9.17, 15) is 29.1 Å². The average Bonchev–Trinajstić information content (AvgIpc) is 3.26. The third kappa shape index (κ3) is 9.78. The highest BCUT2D eigenvalue weighted by molar-refractivity contribution is 7.98. The Morgan fingerprint density at radius 2 is 1.74 bits per heavy atom. The van der Waals surface area contributed by atoms with Crippen molar-refractivity contribution in [2.45, 2.75) is 56.3 Å². The molecule has 176 valence electrons. The molecule has 11 nitrogen and oxygen atoms in total. The fourth-order valence-electron chi connectivity index (χ4n) is 2.97. The largest absolute Gasteiger partial charge is 0.480 e. The van der Waals surface area contributed by atoms with Crippen molar-refractivity contribution >= 4 is 54.0 Å². The van der Waals surface area contributed by atoms with Gasteiger partial charge in [-0.15, -0.1) is 0 Å². The molecule has 13 heteroatoms. The van der Waals surface area contributed by atoms with Gasteiger partial charge < -0.3 is 32.1 Å². The number of nitrogens with one attached hydrogen (secondary N) is 4. The van der Waals surface area contributed by atoms with E-state index < -0.39 is 41.8 Å². The van der Waals surface area contributed by atoms with E-state index in [0.717, 1.165) is 13.0 Å². The topological polar surface area (TPSA) is 180 Å². The number of nitrogens with two attached hydrogens (primary N) is 1. The third-order valence-corrected chi connectivity index (χ3v) is 5.74.